The molecule has 0 heterocycles. The van der Waals surface area contributed by atoms with Gasteiger partial charge in [0, 0.05) is 5.56 Å². The topological polar surface area (TPSA) is 84.9 Å². The Morgan fingerprint density at radius 2 is 1.76 bits per heavy atom. The van der Waals surface area contributed by atoms with Crippen molar-refractivity contribution in [1.29, 1.82) is 0 Å². The van der Waals surface area contributed by atoms with Gasteiger partial charge in [0.25, 0.3) is 5.91 Å². The number of rotatable bonds is 13. The molecule has 0 bridgehead atoms. The van der Waals surface area contributed by atoms with Gasteiger partial charge in [0.05, 0.1) is 20.3 Å². The number of carboxylic acid groups (broad SMARTS) is 1. The number of aliphatic carboxylic acids is 1. The van der Waals surface area contributed by atoms with Crippen LogP contribution in [0.25, 0.3) is 11.1 Å². The van der Waals surface area contributed by atoms with Gasteiger partial charge in [-0.1, -0.05) is 48.5 Å². The van der Waals surface area contributed by atoms with Gasteiger partial charge in [-0.3, -0.25) is 4.79 Å². The molecule has 3 rings (SSSR count). The summed E-state index contributed by atoms with van der Waals surface area (Å²) in [4.78, 5) is 24.9. The fourth-order valence-corrected chi connectivity index (χ4v) is 4.46. The monoisotopic (exact) mass is 514 g/mol. The summed E-state index contributed by atoms with van der Waals surface area (Å²) in [5, 5.41) is 12.3. The van der Waals surface area contributed by atoms with Crippen molar-refractivity contribution in [3.63, 3.8) is 0 Å². The van der Waals surface area contributed by atoms with Gasteiger partial charge in [-0.2, -0.15) is 11.8 Å². The maximum absolute atomic E-state index is 13.2. The number of carbonyl (C=O) groups is 2. The summed E-state index contributed by atoms with van der Waals surface area (Å²) in [5.41, 5.74) is 5.17. The second-order valence-electron chi connectivity index (χ2n) is 8.46. The normalized spacial score (nSPS) is 11.3. The smallest absolute Gasteiger partial charge is 0.496 e. The minimum absolute atomic E-state index is 0. The molecule has 2 N–H and O–H groups in total. The molecule has 37 heavy (non-hydrogen) atoms. The van der Waals surface area contributed by atoms with Crippen LogP contribution in [-0.2, 0) is 22.6 Å². The number of benzene rings is 3. The third kappa shape index (κ3) is 8.69. The van der Waals surface area contributed by atoms with Crippen molar-refractivity contribution < 1.29 is 43.0 Å². The Morgan fingerprint density at radius 3 is 2.46 bits per heavy atom. The van der Waals surface area contributed by atoms with Crippen LogP contribution in [-0.4, -0.2) is 48.8 Å². The van der Waals surface area contributed by atoms with E-state index in [4.69, 9.17) is 9.47 Å². The predicted octanol–water partition coefficient (Wildman–Crippen LogP) is 2.37. The number of para-hydroxylation sites is 1. The number of amides is 1. The number of ether oxygens (including phenoxy) is 2. The number of hydrogen-bond acceptors (Lipinski definition) is 5. The van der Waals surface area contributed by atoms with Crippen LogP contribution in [0.4, 0.5) is 0 Å². The van der Waals surface area contributed by atoms with E-state index in [-0.39, 0.29) is 18.9 Å². The van der Waals surface area contributed by atoms with E-state index >= 15 is 0 Å². The molecule has 0 radical (unpaired) electrons. The molecule has 6 nitrogen and oxygen atoms in total. The molecule has 1 unspecified atom stereocenters. The van der Waals surface area contributed by atoms with Crippen LogP contribution >= 0.6 is 11.8 Å². The predicted molar refractivity (Wildman–Crippen MR) is 145 cm³/mol. The molecule has 0 aliphatic carbocycles. The second-order valence-corrected chi connectivity index (χ2v) is 9.44. The SMILES string of the molecule is COc1ccccc1CCOCc1ccc(C(=O)NC(CCSC)C(=O)O)c(-c2ccccc2C)c1.[Li+]. The molecule has 0 spiro atoms. The zero-order chi connectivity index (χ0) is 25.9. The first-order chi connectivity index (χ1) is 17.4. The maximum Gasteiger partial charge on any atom is 1.00 e. The molecule has 0 fully saturated rings. The molecule has 8 heteroatoms. The summed E-state index contributed by atoms with van der Waals surface area (Å²) in [7, 11) is 1.66. The molecule has 3 aromatic carbocycles. The molecule has 0 aliphatic rings. The van der Waals surface area contributed by atoms with Gasteiger partial charge in [0.15, 0.2) is 0 Å². The quantitative estimate of drug-likeness (QED) is 0.269. The Balaban J connectivity index is 0.00000481. The summed E-state index contributed by atoms with van der Waals surface area (Å²) < 4.78 is 11.4. The maximum atomic E-state index is 13.2. The van der Waals surface area contributed by atoms with E-state index in [9.17, 15) is 14.7 Å². The first kappa shape index (κ1) is 30.5. The van der Waals surface area contributed by atoms with Crippen molar-refractivity contribution >= 4 is 23.6 Å². The van der Waals surface area contributed by atoms with E-state index in [1.54, 1.807) is 24.9 Å². The van der Waals surface area contributed by atoms with E-state index in [0.29, 0.717) is 31.0 Å². The van der Waals surface area contributed by atoms with Crippen molar-refractivity contribution in [2.24, 2.45) is 0 Å². The zero-order valence-electron chi connectivity index (χ0n) is 22.0. The van der Waals surface area contributed by atoms with E-state index < -0.39 is 17.9 Å². The number of hydrogen-bond donors (Lipinski definition) is 2. The van der Waals surface area contributed by atoms with Crippen LogP contribution in [0, 0.1) is 6.92 Å². The van der Waals surface area contributed by atoms with E-state index in [1.165, 1.54) is 0 Å². The molecule has 1 atom stereocenters. The molecule has 0 aliphatic heterocycles. The Bertz CT molecular complexity index is 1190. The van der Waals surface area contributed by atoms with Crippen molar-refractivity contribution in [1.82, 2.24) is 5.32 Å². The molecular formula is C29H33LiNO5S+. The van der Waals surface area contributed by atoms with E-state index in [1.807, 2.05) is 73.8 Å². The van der Waals surface area contributed by atoms with Gasteiger partial charge in [-0.15, -0.1) is 0 Å². The number of carboxylic acids is 1. The first-order valence-corrected chi connectivity index (χ1v) is 13.2. The number of carbonyl (C=O) groups excluding carboxylic acids is 1. The Hall–Kier alpha value is -2.69. The average Bonchev–Trinajstić information content (AvgIpc) is 2.89. The third-order valence-electron chi connectivity index (χ3n) is 5.95. The van der Waals surface area contributed by atoms with Gasteiger partial charge in [-0.05, 0) is 77.8 Å². The third-order valence-corrected chi connectivity index (χ3v) is 6.60. The molecular weight excluding hydrogens is 481 g/mol. The summed E-state index contributed by atoms with van der Waals surface area (Å²) in [6, 6.07) is 20.3. The van der Waals surface area contributed by atoms with Crippen LogP contribution in [0.5, 0.6) is 5.75 Å². The van der Waals surface area contributed by atoms with Crippen molar-refractivity contribution in [2.75, 3.05) is 25.7 Å². The fraction of sp³-hybridized carbons (Fsp3) is 0.310. The minimum Gasteiger partial charge on any atom is -0.496 e. The molecule has 3 aromatic rings. The molecule has 0 saturated heterocycles. The summed E-state index contributed by atoms with van der Waals surface area (Å²) in [6.07, 6.45) is 3.00. The van der Waals surface area contributed by atoms with Crippen molar-refractivity contribution in [2.45, 2.75) is 32.4 Å². The van der Waals surface area contributed by atoms with E-state index in [2.05, 4.69) is 5.32 Å². The molecule has 1 amide bonds. The van der Waals surface area contributed by atoms with Gasteiger partial charge < -0.3 is 19.9 Å². The van der Waals surface area contributed by atoms with Gasteiger partial charge >= 0.3 is 24.8 Å². The Kier molecular flexibility index (Phi) is 12.8. The van der Waals surface area contributed by atoms with Crippen LogP contribution < -0.4 is 28.9 Å². The Labute approximate surface area is 235 Å². The largest absolute Gasteiger partial charge is 1.00 e. The number of aryl methyl sites for hydroxylation is 1. The average molecular weight is 515 g/mol. The van der Waals surface area contributed by atoms with Crippen LogP contribution in [0.2, 0.25) is 0 Å². The van der Waals surface area contributed by atoms with E-state index in [0.717, 1.165) is 40.0 Å². The van der Waals surface area contributed by atoms with Crippen LogP contribution in [0.1, 0.15) is 33.5 Å². The van der Waals surface area contributed by atoms with Gasteiger partial charge in [0.1, 0.15) is 11.8 Å². The number of nitrogens with one attached hydrogen (secondary N) is 1. The summed E-state index contributed by atoms with van der Waals surface area (Å²) in [6.45, 7) is 2.91. The number of methoxy groups -OCH3 is 1. The summed E-state index contributed by atoms with van der Waals surface area (Å²) >= 11 is 1.55. The second kappa shape index (κ2) is 15.5. The molecule has 0 aromatic heterocycles. The van der Waals surface area contributed by atoms with Gasteiger partial charge in [0.2, 0.25) is 0 Å². The van der Waals surface area contributed by atoms with Crippen LogP contribution in [0.3, 0.4) is 0 Å². The number of thioether (sulfide) groups is 1. The minimum atomic E-state index is -1.03. The van der Waals surface area contributed by atoms with Crippen molar-refractivity contribution in [3.05, 3.63) is 89.0 Å². The fourth-order valence-electron chi connectivity index (χ4n) is 3.99. The zero-order valence-corrected chi connectivity index (χ0v) is 22.8. The van der Waals surface area contributed by atoms with Crippen LogP contribution in [0.15, 0.2) is 66.7 Å². The van der Waals surface area contributed by atoms with Gasteiger partial charge in [-0.25, -0.2) is 4.79 Å². The Morgan fingerprint density at radius 1 is 1.03 bits per heavy atom. The first-order valence-electron chi connectivity index (χ1n) is 11.9. The standard InChI is InChI=1S/C29H33NO5S.Li/c1-20-8-4-6-10-23(20)25-18-21(19-35-16-14-22-9-5-7-11-27(22)34-2)12-13-24(25)28(31)30-26(29(32)33)15-17-36-3;/h4-13,18,26H,14-17,19H2,1-3H3,(H,30,31)(H,32,33);/q;+1. The molecule has 0 saturated carbocycles. The summed E-state index contributed by atoms with van der Waals surface area (Å²) in [5.74, 6) is 0.0586. The molecule has 190 valence electrons. The van der Waals surface area contributed by atoms with Crippen molar-refractivity contribution in [3.8, 4) is 16.9 Å².